The van der Waals surface area contributed by atoms with Gasteiger partial charge in [0.15, 0.2) is 0 Å². The lowest BCUT2D eigenvalue weighted by Crippen LogP contribution is -2.26. The van der Waals surface area contributed by atoms with E-state index in [-0.39, 0.29) is 17.1 Å². The van der Waals surface area contributed by atoms with Crippen molar-refractivity contribution >= 4 is 5.78 Å². The molecule has 10 heavy (non-hydrogen) atoms. The van der Waals surface area contributed by atoms with Crippen LogP contribution in [0.4, 0.5) is 0 Å². The van der Waals surface area contributed by atoms with E-state index in [0.717, 1.165) is 0 Å². The van der Waals surface area contributed by atoms with Gasteiger partial charge in [0.2, 0.25) is 6.04 Å². The number of nitro groups is 1. The first-order chi connectivity index (χ1) is 4.70. The average Bonchev–Trinajstić information content (AvgIpc) is 1.88. The zero-order valence-corrected chi connectivity index (χ0v) is 5.58. The number of carbonyl (C=O) groups excluding carboxylic acids is 1. The highest BCUT2D eigenvalue weighted by Crippen LogP contribution is 2.16. The molecule has 0 aromatic carbocycles. The van der Waals surface area contributed by atoms with Crippen LogP contribution in [0.25, 0.3) is 0 Å². The lowest BCUT2D eigenvalue weighted by Gasteiger charge is -2.12. The Hall–Kier alpha value is -0.930. The SMILES string of the molecule is O=C1CCC[C@H]([N+](=O)[O-])C1. The molecule has 0 saturated heterocycles. The van der Waals surface area contributed by atoms with Crippen molar-refractivity contribution in [2.45, 2.75) is 31.7 Å². The second-order valence-corrected chi connectivity index (χ2v) is 2.57. The van der Waals surface area contributed by atoms with Crippen molar-refractivity contribution in [2.75, 3.05) is 0 Å². The van der Waals surface area contributed by atoms with Crippen LogP contribution in [0.1, 0.15) is 25.7 Å². The van der Waals surface area contributed by atoms with Crippen LogP contribution in [0.5, 0.6) is 0 Å². The van der Waals surface area contributed by atoms with Crippen LogP contribution in [-0.2, 0) is 4.79 Å². The summed E-state index contributed by atoms with van der Waals surface area (Å²) in [6, 6.07) is -0.596. The van der Waals surface area contributed by atoms with E-state index in [4.69, 9.17) is 0 Å². The number of hydrogen-bond donors (Lipinski definition) is 0. The Morgan fingerprint density at radius 1 is 1.60 bits per heavy atom. The minimum atomic E-state index is -0.596. The molecule has 0 N–H and O–H groups in total. The van der Waals surface area contributed by atoms with Crippen molar-refractivity contribution in [3.05, 3.63) is 10.1 Å². The zero-order valence-electron chi connectivity index (χ0n) is 5.58. The number of carbonyl (C=O) groups is 1. The van der Waals surface area contributed by atoms with E-state index < -0.39 is 6.04 Å². The molecule has 1 atom stereocenters. The summed E-state index contributed by atoms with van der Waals surface area (Å²) in [7, 11) is 0. The van der Waals surface area contributed by atoms with Crippen molar-refractivity contribution < 1.29 is 9.72 Å². The first kappa shape index (κ1) is 7.18. The Morgan fingerprint density at radius 3 is 2.70 bits per heavy atom. The van der Waals surface area contributed by atoms with Crippen LogP contribution in [0.2, 0.25) is 0 Å². The van der Waals surface area contributed by atoms with Crippen LogP contribution in [0.3, 0.4) is 0 Å². The van der Waals surface area contributed by atoms with Gasteiger partial charge in [0, 0.05) is 17.8 Å². The number of ketones is 1. The van der Waals surface area contributed by atoms with Gasteiger partial charge >= 0.3 is 0 Å². The maximum atomic E-state index is 10.7. The third-order valence-corrected chi connectivity index (χ3v) is 1.75. The molecule has 1 fully saturated rings. The molecular weight excluding hydrogens is 134 g/mol. The van der Waals surface area contributed by atoms with Gasteiger partial charge in [-0.15, -0.1) is 0 Å². The van der Waals surface area contributed by atoms with Crippen molar-refractivity contribution in [3.63, 3.8) is 0 Å². The van der Waals surface area contributed by atoms with E-state index in [1.807, 2.05) is 0 Å². The first-order valence-corrected chi connectivity index (χ1v) is 3.35. The minimum Gasteiger partial charge on any atom is -0.299 e. The molecule has 4 nitrogen and oxygen atoms in total. The molecule has 0 aliphatic heterocycles. The van der Waals surface area contributed by atoms with Gasteiger partial charge in [0.1, 0.15) is 5.78 Å². The molecule has 0 aromatic rings. The fourth-order valence-corrected chi connectivity index (χ4v) is 1.18. The third kappa shape index (κ3) is 1.52. The van der Waals surface area contributed by atoms with Gasteiger partial charge in [-0.25, -0.2) is 0 Å². The average molecular weight is 143 g/mol. The summed E-state index contributed by atoms with van der Waals surface area (Å²) in [5.41, 5.74) is 0. The number of rotatable bonds is 1. The standard InChI is InChI=1S/C6H9NO3/c8-6-3-1-2-5(4-6)7(9)10/h5H,1-4H2/t5-/m0/s1. The summed E-state index contributed by atoms with van der Waals surface area (Å²) in [5.74, 6) is 0.0351. The Morgan fingerprint density at radius 2 is 2.30 bits per heavy atom. The molecule has 1 aliphatic rings. The molecule has 1 aliphatic carbocycles. The Balaban J connectivity index is 2.47. The number of hydrogen-bond acceptors (Lipinski definition) is 3. The number of Topliss-reactive ketones (excluding diaryl/α,β-unsaturated/α-hetero) is 1. The Labute approximate surface area is 58.4 Å². The Kier molecular flexibility index (Phi) is 1.99. The van der Waals surface area contributed by atoms with Crippen LogP contribution in [0, 0.1) is 10.1 Å². The molecule has 1 saturated carbocycles. The van der Waals surface area contributed by atoms with Crippen LogP contribution in [-0.4, -0.2) is 16.7 Å². The quantitative estimate of drug-likeness (QED) is 0.402. The molecule has 56 valence electrons. The summed E-state index contributed by atoms with van der Waals surface area (Å²) in [4.78, 5) is 20.5. The molecular formula is C6H9NO3. The van der Waals surface area contributed by atoms with Crippen molar-refractivity contribution in [1.82, 2.24) is 0 Å². The highest BCUT2D eigenvalue weighted by atomic mass is 16.6. The van der Waals surface area contributed by atoms with Crippen molar-refractivity contribution in [1.29, 1.82) is 0 Å². The predicted molar refractivity (Wildman–Crippen MR) is 34.3 cm³/mol. The highest BCUT2D eigenvalue weighted by Gasteiger charge is 2.27. The van der Waals surface area contributed by atoms with E-state index in [1.165, 1.54) is 0 Å². The van der Waals surface area contributed by atoms with Crippen LogP contribution < -0.4 is 0 Å². The monoisotopic (exact) mass is 143 g/mol. The Bertz CT molecular complexity index is 164. The topological polar surface area (TPSA) is 60.2 Å². The van der Waals surface area contributed by atoms with E-state index in [9.17, 15) is 14.9 Å². The molecule has 0 spiro atoms. The van der Waals surface area contributed by atoms with E-state index in [1.54, 1.807) is 0 Å². The summed E-state index contributed by atoms with van der Waals surface area (Å²) in [6.07, 6.45) is 1.93. The summed E-state index contributed by atoms with van der Waals surface area (Å²) in [6.45, 7) is 0. The minimum absolute atomic E-state index is 0.0351. The lowest BCUT2D eigenvalue weighted by atomic mass is 9.95. The fraction of sp³-hybridized carbons (Fsp3) is 0.833. The lowest BCUT2D eigenvalue weighted by molar-refractivity contribution is -0.523. The van der Waals surface area contributed by atoms with Crippen LogP contribution in [0.15, 0.2) is 0 Å². The van der Waals surface area contributed by atoms with Crippen molar-refractivity contribution in [2.24, 2.45) is 0 Å². The smallest absolute Gasteiger partial charge is 0.220 e. The molecule has 0 radical (unpaired) electrons. The molecule has 4 heteroatoms. The summed E-state index contributed by atoms with van der Waals surface area (Å²) >= 11 is 0. The second kappa shape index (κ2) is 2.77. The molecule has 0 amide bonds. The van der Waals surface area contributed by atoms with Gasteiger partial charge in [-0.05, 0) is 6.42 Å². The fourth-order valence-electron chi connectivity index (χ4n) is 1.18. The highest BCUT2D eigenvalue weighted by molar-refractivity contribution is 5.79. The normalized spacial score (nSPS) is 26.4. The summed E-state index contributed by atoms with van der Waals surface area (Å²) < 4.78 is 0. The largest absolute Gasteiger partial charge is 0.299 e. The molecule has 0 unspecified atom stereocenters. The van der Waals surface area contributed by atoms with E-state index >= 15 is 0 Å². The van der Waals surface area contributed by atoms with Gasteiger partial charge < -0.3 is 0 Å². The van der Waals surface area contributed by atoms with Gasteiger partial charge in [-0.2, -0.15) is 0 Å². The van der Waals surface area contributed by atoms with Gasteiger partial charge in [0.25, 0.3) is 0 Å². The number of nitrogens with zero attached hydrogens (tertiary/aromatic N) is 1. The van der Waals surface area contributed by atoms with Gasteiger partial charge in [-0.3, -0.25) is 14.9 Å². The van der Waals surface area contributed by atoms with Crippen molar-refractivity contribution in [3.8, 4) is 0 Å². The third-order valence-electron chi connectivity index (χ3n) is 1.75. The van der Waals surface area contributed by atoms with Crippen LogP contribution >= 0.6 is 0 Å². The first-order valence-electron chi connectivity index (χ1n) is 3.35. The second-order valence-electron chi connectivity index (χ2n) is 2.57. The summed E-state index contributed by atoms with van der Waals surface area (Å²) in [5, 5.41) is 10.2. The molecule has 0 bridgehead atoms. The van der Waals surface area contributed by atoms with Gasteiger partial charge in [0.05, 0.1) is 6.42 Å². The molecule has 1 rings (SSSR count). The molecule has 0 aromatic heterocycles. The van der Waals surface area contributed by atoms with Gasteiger partial charge in [-0.1, -0.05) is 0 Å². The van der Waals surface area contributed by atoms with E-state index in [0.29, 0.717) is 19.3 Å². The maximum Gasteiger partial charge on any atom is 0.220 e. The maximum absolute atomic E-state index is 10.7. The zero-order chi connectivity index (χ0) is 7.56. The molecule has 0 heterocycles. The van der Waals surface area contributed by atoms with E-state index in [2.05, 4.69) is 0 Å². The predicted octanol–water partition coefficient (Wildman–Crippen LogP) is 0.775.